The monoisotopic (exact) mass is 448 g/mol. The van der Waals surface area contributed by atoms with Crippen molar-refractivity contribution in [3.8, 4) is 10.4 Å². The molecule has 6 nitrogen and oxygen atoms in total. The molecule has 0 spiro atoms. The fourth-order valence-electron chi connectivity index (χ4n) is 3.43. The molecule has 0 radical (unpaired) electrons. The summed E-state index contributed by atoms with van der Waals surface area (Å²) >= 11 is 13.3. The third-order valence-electron chi connectivity index (χ3n) is 4.87. The lowest BCUT2D eigenvalue weighted by molar-refractivity contribution is -0.121. The number of likely N-dealkylation sites (tertiary alicyclic amines) is 1. The number of carbonyl (C=O) groups is 2. The number of H-pyrrole nitrogens is 1. The van der Waals surface area contributed by atoms with Crippen LogP contribution in [0.2, 0.25) is 9.36 Å². The van der Waals surface area contributed by atoms with Crippen LogP contribution in [0.5, 0.6) is 0 Å². The Bertz CT molecular complexity index is 1030. The summed E-state index contributed by atoms with van der Waals surface area (Å²) in [5, 5.41) is 3.31. The molecule has 0 bridgehead atoms. The van der Waals surface area contributed by atoms with Crippen molar-refractivity contribution in [3.05, 3.63) is 57.8 Å². The normalized spacial score (nSPS) is 16.6. The maximum Gasteiger partial charge on any atom is 0.256 e. The molecule has 2 N–H and O–H groups in total. The standard InChI is InChI=1S/C20H18Cl2N4O2S/c21-13-3-6-18(24-8-13)25-19(27)12-2-1-7-26(11-12)20(28)15-10-23-9-14(15)16-4-5-17(22)29-16/h3-6,8-10,12,23H,1-2,7,11H2,(H,24,25,27)/t12-/m0/s1. The van der Waals surface area contributed by atoms with Crippen molar-refractivity contribution < 1.29 is 9.59 Å². The molecule has 1 fully saturated rings. The average Bonchev–Trinajstić information content (AvgIpc) is 3.38. The van der Waals surface area contributed by atoms with E-state index in [9.17, 15) is 9.59 Å². The van der Waals surface area contributed by atoms with E-state index in [-0.39, 0.29) is 17.7 Å². The quantitative estimate of drug-likeness (QED) is 0.593. The minimum Gasteiger partial charge on any atom is -0.366 e. The van der Waals surface area contributed by atoms with Crippen LogP contribution >= 0.6 is 34.5 Å². The van der Waals surface area contributed by atoms with E-state index in [4.69, 9.17) is 23.2 Å². The van der Waals surface area contributed by atoms with E-state index < -0.39 is 0 Å². The van der Waals surface area contributed by atoms with Crippen molar-refractivity contribution in [2.75, 3.05) is 18.4 Å². The van der Waals surface area contributed by atoms with Gasteiger partial charge in [-0.3, -0.25) is 9.59 Å². The number of thiophene rings is 1. The van der Waals surface area contributed by atoms with Gasteiger partial charge in [0.05, 0.1) is 20.8 Å². The van der Waals surface area contributed by atoms with Crippen LogP contribution in [-0.2, 0) is 4.79 Å². The number of hydrogen-bond donors (Lipinski definition) is 2. The summed E-state index contributed by atoms with van der Waals surface area (Å²) in [7, 11) is 0. The van der Waals surface area contributed by atoms with Crippen molar-refractivity contribution in [1.29, 1.82) is 0 Å². The maximum absolute atomic E-state index is 13.1. The van der Waals surface area contributed by atoms with Crippen molar-refractivity contribution in [1.82, 2.24) is 14.9 Å². The second-order valence-electron chi connectivity index (χ2n) is 6.83. The fraction of sp³-hybridized carbons (Fsp3) is 0.250. The fourth-order valence-corrected chi connectivity index (χ4v) is 4.61. The first-order chi connectivity index (χ1) is 14.0. The molecule has 1 saturated heterocycles. The Labute approximate surface area is 181 Å². The van der Waals surface area contributed by atoms with Crippen molar-refractivity contribution in [2.24, 2.45) is 5.92 Å². The predicted octanol–water partition coefficient (Wildman–Crippen LogP) is 4.94. The second-order valence-corrected chi connectivity index (χ2v) is 8.98. The van der Waals surface area contributed by atoms with E-state index in [1.807, 2.05) is 12.1 Å². The SMILES string of the molecule is O=C(Nc1ccc(Cl)cn1)[C@H]1CCCN(C(=O)c2c[nH]cc2-c2ccc(Cl)s2)C1. The van der Waals surface area contributed by atoms with Gasteiger partial charge in [-0.25, -0.2) is 4.98 Å². The van der Waals surface area contributed by atoms with Crippen LogP contribution in [0.1, 0.15) is 23.2 Å². The summed E-state index contributed by atoms with van der Waals surface area (Å²) in [5.41, 5.74) is 1.41. The van der Waals surface area contributed by atoms with Crippen molar-refractivity contribution in [3.63, 3.8) is 0 Å². The summed E-state index contributed by atoms with van der Waals surface area (Å²) in [6, 6.07) is 7.04. The number of piperidine rings is 1. The summed E-state index contributed by atoms with van der Waals surface area (Å²) < 4.78 is 0.671. The zero-order valence-corrected chi connectivity index (χ0v) is 17.7. The lowest BCUT2D eigenvalue weighted by Gasteiger charge is -2.32. The van der Waals surface area contributed by atoms with Crippen molar-refractivity contribution >= 4 is 52.2 Å². The Morgan fingerprint density at radius 3 is 2.79 bits per heavy atom. The topological polar surface area (TPSA) is 78.1 Å². The Morgan fingerprint density at radius 2 is 2.07 bits per heavy atom. The maximum atomic E-state index is 13.1. The van der Waals surface area contributed by atoms with Gasteiger partial charge in [-0.15, -0.1) is 11.3 Å². The van der Waals surface area contributed by atoms with Gasteiger partial charge in [0.25, 0.3) is 5.91 Å². The number of aromatic amines is 1. The van der Waals surface area contributed by atoms with Crippen LogP contribution in [0.25, 0.3) is 10.4 Å². The second kappa shape index (κ2) is 8.57. The largest absolute Gasteiger partial charge is 0.366 e. The summed E-state index contributed by atoms with van der Waals surface area (Å²) in [6.45, 7) is 0.992. The highest BCUT2D eigenvalue weighted by Gasteiger charge is 2.30. The lowest BCUT2D eigenvalue weighted by Crippen LogP contribution is -2.43. The molecule has 0 unspecified atom stereocenters. The molecule has 2 amide bonds. The molecule has 29 heavy (non-hydrogen) atoms. The van der Waals surface area contributed by atoms with Gasteiger partial charge in [-0.1, -0.05) is 23.2 Å². The molecule has 1 atom stereocenters. The van der Waals surface area contributed by atoms with E-state index in [1.165, 1.54) is 17.5 Å². The Morgan fingerprint density at radius 1 is 1.21 bits per heavy atom. The highest BCUT2D eigenvalue weighted by Crippen LogP contribution is 2.34. The molecule has 3 aromatic heterocycles. The molecule has 0 aliphatic carbocycles. The molecular formula is C20H18Cl2N4O2S. The minimum absolute atomic E-state index is 0.0899. The zero-order chi connectivity index (χ0) is 20.4. The first-order valence-corrected chi connectivity index (χ1v) is 10.7. The number of nitrogens with one attached hydrogen (secondary N) is 2. The molecule has 0 saturated carbocycles. The van der Waals surface area contributed by atoms with E-state index in [0.717, 1.165) is 23.3 Å². The summed E-state index contributed by atoms with van der Waals surface area (Å²) in [4.78, 5) is 35.6. The van der Waals surface area contributed by atoms with Crippen LogP contribution in [-0.4, -0.2) is 39.8 Å². The average molecular weight is 449 g/mol. The van der Waals surface area contributed by atoms with Gasteiger partial charge >= 0.3 is 0 Å². The third-order valence-corrected chi connectivity index (χ3v) is 6.36. The Balaban J connectivity index is 1.46. The van der Waals surface area contributed by atoms with Gasteiger partial charge in [0.2, 0.25) is 5.91 Å². The summed E-state index contributed by atoms with van der Waals surface area (Å²) in [5.74, 6) is -0.0707. The molecule has 9 heteroatoms. The molecule has 4 rings (SSSR count). The minimum atomic E-state index is -0.288. The number of hydrogen-bond acceptors (Lipinski definition) is 4. The third kappa shape index (κ3) is 4.47. The Hall–Kier alpha value is -2.35. The number of anilines is 1. The van der Waals surface area contributed by atoms with Gasteiger partial charge in [0, 0.05) is 42.1 Å². The molecule has 1 aliphatic rings. The number of nitrogens with zero attached hydrogens (tertiary/aromatic N) is 2. The van der Waals surface area contributed by atoms with Crippen LogP contribution < -0.4 is 5.32 Å². The van der Waals surface area contributed by atoms with Crippen molar-refractivity contribution in [2.45, 2.75) is 12.8 Å². The highest BCUT2D eigenvalue weighted by atomic mass is 35.5. The van der Waals surface area contributed by atoms with E-state index in [2.05, 4.69) is 15.3 Å². The molecule has 4 heterocycles. The highest BCUT2D eigenvalue weighted by molar-refractivity contribution is 7.19. The molecule has 3 aromatic rings. The first-order valence-electron chi connectivity index (χ1n) is 9.15. The van der Waals surface area contributed by atoms with Gasteiger partial charge in [-0.2, -0.15) is 0 Å². The summed E-state index contributed by atoms with van der Waals surface area (Å²) in [6.07, 6.45) is 6.48. The first kappa shape index (κ1) is 19.9. The molecular weight excluding hydrogens is 431 g/mol. The van der Waals surface area contributed by atoms with Gasteiger partial charge in [0.1, 0.15) is 5.82 Å². The van der Waals surface area contributed by atoms with E-state index >= 15 is 0 Å². The van der Waals surface area contributed by atoms with Gasteiger partial charge < -0.3 is 15.2 Å². The Kier molecular flexibility index (Phi) is 5.89. The molecule has 1 aliphatic heterocycles. The number of carbonyl (C=O) groups excluding carboxylic acids is 2. The van der Waals surface area contributed by atoms with Gasteiger partial charge in [-0.05, 0) is 37.1 Å². The van der Waals surface area contributed by atoms with Crippen LogP contribution in [0.15, 0.2) is 42.9 Å². The molecule has 150 valence electrons. The lowest BCUT2D eigenvalue weighted by atomic mass is 9.96. The number of halogens is 2. The van der Waals surface area contributed by atoms with Crippen LogP contribution in [0.3, 0.4) is 0 Å². The van der Waals surface area contributed by atoms with Crippen LogP contribution in [0.4, 0.5) is 5.82 Å². The predicted molar refractivity (Wildman–Crippen MR) is 116 cm³/mol. The molecule has 0 aromatic carbocycles. The van der Waals surface area contributed by atoms with E-state index in [0.29, 0.717) is 33.8 Å². The smallest absolute Gasteiger partial charge is 0.256 e. The van der Waals surface area contributed by atoms with E-state index in [1.54, 1.807) is 29.4 Å². The number of amides is 2. The number of pyridine rings is 1. The number of rotatable bonds is 4. The van der Waals surface area contributed by atoms with Crippen LogP contribution in [0, 0.1) is 5.92 Å². The number of aromatic nitrogens is 2. The van der Waals surface area contributed by atoms with Gasteiger partial charge in [0.15, 0.2) is 0 Å². The zero-order valence-electron chi connectivity index (χ0n) is 15.3.